The predicted octanol–water partition coefficient (Wildman–Crippen LogP) is 3.38. The molecule has 1 aliphatic heterocycles. The fourth-order valence-corrected chi connectivity index (χ4v) is 3.99. The number of alkyl halides is 3. The van der Waals surface area contributed by atoms with Gasteiger partial charge in [0, 0.05) is 20.0 Å². The minimum Gasteiger partial charge on any atom is -0.323 e. The highest BCUT2D eigenvalue weighted by Crippen LogP contribution is 2.30. The Morgan fingerprint density at radius 1 is 1.07 bits per heavy atom. The lowest BCUT2D eigenvalue weighted by molar-refractivity contribution is -0.141. The van der Waals surface area contributed by atoms with Gasteiger partial charge in [-0.2, -0.15) is 13.2 Å². The number of likely N-dealkylation sites (tertiary alicyclic amines) is 1. The monoisotopic (exact) mass is 440 g/mol. The van der Waals surface area contributed by atoms with Crippen LogP contribution in [0.2, 0.25) is 0 Å². The Kier molecular flexibility index (Phi) is 5.89. The van der Waals surface area contributed by atoms with Crippen molar-refractivity contribution in [3.8, 4) is 0 Å². The minimum absolute atomic E-state index is 0.00696. The van der Waals surface area contributed by atoms with E-state index in [4.69, 9.17) is 0 Å². The molecule has 2 aromatic rings. The van der Waals surface area contributed by atoms with Crippen molar-refractivity contribution in [2.24, 2.45) is 0 Å². The number of carbonyl (C=O) groups is 2. The lowest BCUT2D eigenvalue weighted by Gasteiger charge is -2.40. The Morgan fingerprint density at radius 2 is 1.67 bits per heavy atom. The van der Waals surface area contributed by atoms with Crippen molar-refractivity contribution >= 4 is 21.8 Å². The van der Waals surface area contributed by atoms with Gasteiger partial charge in [-0.1, -0.05) is 42.5 Å². The number of hydrogen-bond donors (Lipinski definition) is 0. The number of urea groups is 1. The summed E-state index contributed by atoms with van der Waals surface area (Å²) < 4.78 is 60.7. The van der Waals surface area contributed by atoms with Crippen LogP contribution in [0.3, 0.4) is 0 Å². The smallest absolute Gasteiger partial charge is 0.323 e. The lowest BCUT2D eigenvalue weighted by atomic mass is 9.95. The van der Waals surface area contributed by atoms with Crippen LogP contribution in [0.15, 0.2) is 59.5 Å². The highest BCUT2D eigenvalue weighted by molar-refractivity contribution is 7.92. The second kappa shape index (κ2) is 8.10. The van der Waals surface area contributed by atoms with Gasteiger partial charge in [0.15, 0.2) is 0 Å². The fraction of sp³-hybridized carbons (Fsp3) is 0.300. The molecule has 0 saturated carbocycles. The van der Waals surface area contributed by atoms with E-state index >= 15 is 0 Å². The predicted molar refractivity (Wildman–Crippen MR) is 102 cm³/mol. The highest BCUT2D eigenvalue weighted by Gasteiger charge is 2.46. The molecule has 6 nitrogen and oxygen atoms in total. The van der Waals surface area contributed by atoms with E-state index in [1.165, 1.54) is 29.0 Å². The molecule has 0 bridgehead atoms. The van der Waals surface area contributed by atoms with E-state index in [1.807, 2.05) is 30.3 Å². The normalized spacial score (nSPS) is 16.9. The number of halogens is 3. The molecule has 0 aromatic heterocycles. The van der Waals surface area contributed by atoms with E-state index in [0.29, 0.717) is 12.0 Å². The number of imide groups is 1. The first-order chi connectivity index (χ1) is 14.0. The molecule has 1 fully saturated rings. The third kappa shape index (κ3) is 4.33. The number of nitrogens with zero attached hydrogens (tertiary/aromatic N) is 2. The first kappa shape index (κ1) is 21.8. The molecule has 3 amide bonds. The highest BCUT2D eigenvalue weighted by atomic mass is 32.2. The van der Waals surface area contributed by atoms with Crippen molar-refractivity contribution < 1.29 is 31.2 Å². The summed E-state index contributed by atoms with van der Waals surface area (Å²) in [4.78, 5) is 26.2. The molecule has 0 unspecified atom stereocenters. The maximum atomic E-state index is 12.7. The molecule has 2 aromatic carbocycles. The number of amides is 3. The van der Waals surface area contributed by atoms with E-state index in [2.05, 4.69) is 0 Å². The number of benzene rings is 2. The average Bonchev–Trinajstić information content (AvgIpc) is 2.67. The van der Waals surface area contributed by atoms with Gasteiger partial charge in [0.05, 0.1) is 10.9 Å². The van der Waals surface area contributed by atoms with E-state index in [-0.39, 0.29) is 24.9 Å². The molecule has 3 rings (SSSR count). The summed E-state index contributed by atoms with van der Waals surface area (Å²) in [6, 6.07) is 12.8. The van der Waals surface area contributed by atoms with Crippen molar-refractivity contribution in [2.45, 2.75) is 35.8 Å². The summed E-state index contributed by atoms with van der Waals surface area (Å²) >= 11 is 0. The van der Waals surface area contributed by atoms with Crippen LogP contribution in [-0.4, -0.2) is 48.8 Å². The molecular weight excluding hydrogens is 421 g/mol. The van der Waals surface area contributed by atoms with Gasteiger partial charge >= 0.3 is 11.5 Å². The van der Waals surface area contributed by atoms with Crippen LogP contribution in [0.4, 0.5) is 18.0 Å². The Bertz CT molecular complexity index is 1040. The zero-order valence-electron chi connectivity index (χ0n) is 16.0. The zero-order chi connectivity index (χ0) is 22.1. The van der Waals surface area contributed by atoms with Crippen LogP contribution in [0.1, 0.15) is 17.5 Å². The topological polar surface area (TPSA) is 74.8 Å². The van der Waals surface area contributed by atoms with Gasteiger partial charge in [-0.15, -0.1) is 0 Å². The second-order valence-electron chi connectivity index (χ2n) is 7.04. The molecule has 0 spiro atoms. The van der Waals surface area contributed by atoms with Crippen LogP contribution in [0.5, 0.6) is 0 Å². The molecule has 0 N–H and O–H groups in total. The van der Waals surface area contributed by atoms with Gasteiger partial charge in [-0.3, -0.25) is 9.69 Å². The Balaban J connectivity index is 1.66. The standard InChI is InChI=1S/C20H19F3N2O4S/c1-24(13-15-7-9-17(10-8-15)30(28,29)20(21,22)23)19(27)25-16(12-18(25)26)11-14-5-3-2-4-6-14/h2-10,16H,11-13H2,1H3/t16-/m1/s1. The third-order valence-electron chi connectivity index (χ3n) is 4.85. The van der Waals surface area contributed by atoms with Crippen LogP contribution >= 0.6 is 0 Å². The van der Waals surface area contributed by atoms with Crippen molar-refractivity contribution in [1.29, 1.82) is 0 Å². The number of β-lactam (4-membered cyclic amide) rings is 1. The maximum Gasteiger partial charge on any atom is 0.501 e. The van der Waals surface area contributed by atoms with Crippen LogP contribution in [-0.2, 0) is 27.6 Å². The number of hydrogen-bond acceptors (Lipinski definition) is 4. The van der Waals surface area contributed by atoms with Gasteiger partial charge < -0.3 is 4.90 Å². The van der Waals surface area contributed by atoms with E-state index < -0.39 is 26.3 Å². The van der Waals surface area contributed by atoms with E-state index in [1.54, 1.807) is 0 Å². The first-order valence-corrected chi connectivity index (χ1v) is 10.5. The van der Waals surface area contributed by atoms with Gasteiger partial charge in [0.2, 0.25) is 5.91 Å². The molecule has 160 valence electrons. The molecular formula is C20H19F3N2O4S. The number of carbonyl (C=O) groups excluding carboxylic acids is 2. The van der Waals surface area contributed by atoms with E-state index in [0.717, 1.165) is 17.7 Å². The zero-order valence-corrected chi connectivity index (χ0v) is 16.8. The molecule has 0 aliphatic carbocycles. The summed E-state index contributed by atoms with van der Waals surface area (Å²) in [6.07, 6.45) is 0.800. The maximum absolute atomic E-state index is 12.7. The number of rotatable bonds is 5. The average molecular weight is 440 g/mol. The van der Waals surface area contributed by atoms with Crippen molar-refractivity contribution in [2.75, 3.05) is 7.05 Å². The largest absolute Gasteiger partial charge is 0.501 e. The molecule has 0 radical (unpaired) electrons. The lowest BCUT2D eigenvalue weighted by Crippen LogP contribution is -2.59. The summed E-state index contributed by atoms with van der Waals surface area (Å²) in [5.41, 5.74) is -3.95. The van der Waals surface area contributed by atoms with E-state index in [9.17, 15) is 31.2 Å². The summed E-state index contributed by atoms with van der Waals surface area (Å²) in [6.45, 7) is 0.00696. The van der Waals surface area contributed by atoms with Crippen molar-refractivity contribution in [3.05, 3.63) is 65.7 Å². The fourth-order valence-electron chi connectivity index (χ4n) is 3.23. The summed E-state index contributed by atoms with van der Waals surface area (Å²) in [5, 5.41) is 0. The van der Waals surface area contributed by atoms with Crippen LogP contribution in [0, 0.1) is 0 Å². The van der Waals surface area contributed by atoms with Crippen molar-refractivity contribution in [1.82, 2.24) is 9.80 Å². The summed E-state index contributed by atoms with van der Waals surface area (Å²) in [7, 11) is -3.96. The molecule has 1 saturated heterocycles. The summed E-state index contributed by atoms with van der Waals surface area (Å²) in [5.74, 6) is -0.292. The van der Waals surface area contributed by atoms with Crippen molar-refractivity contribution in [3.63, 3.8) is 0 Å². The Labute approximate surface area is 171 Å². The third-order valence-corrected chi connectivity index (χ3v) is 6.35. The quantitative estimate of drug-likeness (QED) is 0.669. The molecule has 1 heterocycles. The molecule has 1 atom stereocenters. The molecule has 30 heavy (non-hydrogen) atoms. The Morgan fingerprint density at radius 3 is 2.20 bits per heavy atom. The van der Waals surface area contributed by atoms with Gasteiger partial charge in [0.25, 0.3) is 9.84 Å². The molecule has 10 heteroatoms. The van der Waals surface area contributed by atoms with Crippen LogP contribution in [0.25, 0.3) is 0 Å². The minimum atomic E-state index is -5.42. The SMILES string of the molecule is CN(Cc1ccc(S(=O)(=O)C(F)(F)F)cc1)C(=O)N1C(=O)C[C@H]1Cc1ccccc1. The van der Waals surface area contributed by atoms with Gasteiger partial charge in [0.1, 0.15) is 0 Å². The first-order valence-electron chi connectivity index (χ1n) is 9.02. The van der Waals surface area contributed by atoms with Gasteiger partial charge in [-0.05, 0) is 29.7 Å². The van der Waals surface area contributed by atoms with Gasteiger partial charge in [-0.25, -0.2) is 13.2 Å². The number of sulfone groups is 1. The second-order valence-corrected chi connectivity index (χ2v) is 8.98. The Hall–Kier alpha value is -2.88. The molecule has 1 aliphatic rings. The van der Waals surface area contributed by atoms with Crippen LogP contribution < -0.4 is 0 Å².